The summed E-state index contributed by atoms with van der Waals surface area (Å²) < 4.78 is 7.50. The highest BCUT2D eigenvalue weighted by Crippen LogP contribution is 2.31. The summed E-state index contributed by atoms with van der Waals surface area (Å²) in [5.74, 6) is 0. The fourth-order valence-corrected chi connectivity index (χ4v) is 2.44. The summed E-state index contributed by atoms with van der Waals surface area (Å²) in [6.45, 7) is 0. The second-order valence-corrected chi connectivity index (χ2v) is 5.73. The van der Waals surface area contributed by atoms with Gasteiger partial charge in [0, 0.05) is 8.95 Å². The molecular formula is C13H9Br2N3O. The van der Waals surface area contributed by atoms with Gasteiger partial charge in [0.15, 0.2) is 5.58 Å². The molecule has 0 aliphatic heterocycles. The summed E-state index contributed by atoms with van der Waals surface area (Å²) in [6, 6.07) is 11.7. The van der Waals surface area contributed by atoms with Crippen molar-refractivity contribution >= 4 is 60.3 Å². The fourth-order valence-electron chi connectivity index (χ4n) is 1.73. The maximum absolute atomic E-state index is 5.85. The van der Waals surface area contributed by atoms with Crippen LogP contribution in [0.25, 0.3) is 11.1 Å². The minimum Gasteiger partial charge on any atom is -0.423 e. The van der Waals surface area contributed by atoms with E-state index >= 15 is 0 Å². The molecule has 0 bridgehead atoms. The summed E-state index contributed by atoms with van der Waals surface area (Å²) >= 11 is 6.89. The number of nitrogens with zero attached hydrogens (tertiary/aromatic N) is 1. The average molecular weight is 383 g/mol. The molecule has 1 aromatic heterocycles. The van der Waals surface area contributed by atoms with Crippen molar-refractivity contribution in [1.29, 1.82) is 0 Å². The van der Waals surface area contributed by atoms with E-state index in [9.17, 15) is 0 Å². The molecule has 0 fully saturated rings. The van der Waals surface area contributed by atoms with E-state index in [1.165, 1.54) is 0 Å². The average Bonchev–Trinajstić information content (AvgIpc) is 2.78. The number of halogens is 2. The molecule has 0 amide bonds. The lowest BCUT2D eigenvalue weighted by atomic mass is 10.3. The van der Waals surface area contributed by atoms with Crippen molar-refractivity contribution in [1.82, 2.24) is 4.98 Å². The molecule has 0 spiro atoms. The van der Waals surface area contributed by atoms with Crippen molar-refractivity contribution in [3.8, 4) is 0 Å². The topological polar surface area (TPSA) is 64.1 Å². The van der Waals surface area contributed by atoms with Crippen LogP contribution < -0.4 is 11.1 Å². The van der Waals surface area contributed by atoms with Crippen molar-refractivity contribution in [3.63, 3.8) is 0 Å². The highest BCUT2D eigenvalue weighted by atomic mass is 79.9. The number of oxazole rings is 1. The second kappa shape index (κ2) is 4.86. The van der Waals surface area contributed by atoms with Gasteiger partial charge < -0.3 is 15.5 Å². The number of hydrogen-bond donors (Lipinski definition) is 2. The molecule has 0 aliphatic carbocycles. The number of nitrogens with two attached hydrogens (primary N) is 1. The molecule has 0 unspecified atom stereocenters. The van der Waals surface area contributed by atoms with E-state index in [1.807, 2.05) is 30.3 Å². The van der Waals surface area contributed by atoms with Crippen LogP contribution >= 0.6 is 31.9 Å². The number of nitrogens with one attached hydrogen (secondary N) is 1. The molecule has 1 heterocycles. The number of benzene rings is 2. The Labute approximate surface area is 126 Å². The third-order valence-corrected chi connectivity index (χ3v) is 3.80. The lowest BCUT2D eigenvalue weighted by Gasteiger charge is -2.04. The Morgan fingerprint density at radius 1 is 1.16 bits per heavy atom. The van der Waals surface area contributed by atoms with Crippen LogP contribution in [0, 0.1) is 0 Å². The van der Waals surface area contributed by atoms with Gasteiger partial charge in [0.25, 0.3) is 6.01 Å². The van der Waals surface area contributed by atoms with Crippen molar-refractivity contribution in [2.45, 2.75) is 0 Å². The Kier molecular flexibility index (Phi) is 3.20. The molecule has 19 heavy (non-hydrogen) atoms. The molecule has 0 atom stereocenters. The molecule has 4 nitrogen and oxygen atoms in total. The van der Waals surface area contributed by atoms with E-state index in [2.05, 4.69) is 42.2 Å². The number of rotatable bonds is 2. The number of para-hydroxylation sites is 1. The predicted molar refractivity (Wildman–Crippen MR) is 83.5 cm³/mol. The van der Waals surface area contributed by atoms with Gasteiger partial charge in [0.2, 0.25) is 0 Å². The molecule has 3 aromatic rings. The number of aromatic nitrogens is 1. The zero-order valence-corrected chi connectivity index (χ0v) is 12.8. The highest BCUT2D eigenvalue weighted by Gasteiger charge is 2.09. The maximum Gasteiger partial charge on any atom is 0.300 e. The van der Waals surface area contributed by atoms with Gasteiger partial charge in [0.1, 0.15) is 5.52 Å². The molecule has 0 aliphatic rings. The first-order valence-electron chi connectivity index (χ1n) is 5.50. The summed E-state index contributed by atoms with van der Waals surface area (Å²) in [7, 11) is 0. The van der Waals surface area contributed by atoms with Crippen LogP contribution in [0.15, 0.2) is 49.8 Å². The highest BCUT2D eigenvalue weighted by molar-refractivity contribution is 9.11. The van der Waals surface area contributed by atoms with Crippen molar-refractivity contribution in [3.05, 3.63) is 45.3 Å². The van der Waals surface area contributed by atoms with E-state index in [-0.39, 0.29) is 0 Å². The van der Waals surface area contributed by atoms with E-state index < -0.39 is 0 Å². The van der Waals surface area contributed by atoms with Gasteiger partial charge in [-0.2, -0.15) is 4.98 Å². The molecule has 0 radical (unpaired) electrons. The lowest BCUT2D eigenvalue weighted by molar-refractivity contribution is 0.623. The van der Waals surface area contributed by atoms with Crippen molar-refractivity contribution < 1.29 is 4.42 Å². The monoisotopic (exact) mass is 381 g/mol. The summed E-state index contributed by atoms with van der Waals surface area (Å²) in [5.41, 5.74) is 8.63. The molecular weight excluding hydrogens is 374 g/mol. The third-order valence-electron chi connectivity index (χ3n) is 2.62. The van der Waals surface area contributed by atoms with Crippen LogP contribution in [0.3, 0.4) is 0 Å². The normalized spacial score (nSPS) is 10.8. The molecule has 3 N–H and O–H groups in total. The van der Waals surface area contributed by atoms with Crippen LogP contribution in [-0.4, -0.2) is 4.98 Å². The quantitative estimate of drug-likeness (QED) is 0.631. The van der Waals surface area contributed by atoms with Crippen LogP contribution in [-0.2, 0) is 0 Å². The van der Waals surface area contributed by atoms with E-state index in [0.717, 1.165) is 14.6 Å². The van der Waals surface area contributed by atoms with E-state index in [4.69, 9.17) is 10.2 Å². The molecule has 2 aromatic carbocycles. The Morgan fingerprint density at radius 3 is 2.79 bits per heavy atom. The van der Waals surface area contributed by atoms with E-state index in [1.54, 1.807) is 6.07 Å². The second-order valence-electron chi connectivity index (χ2n) is 3.96. The van der Waals surface area contributed by atoms with Gasteiger partial charge in [-0.1, -0.05) is 22.0 Å². The van der Waals surface area contributed by atoms with Crippen LogP contribution in [0.1, 0.15) is 0 Å². The largest absolute Gasteiger partial charge is 0.423 e. The first-order chi connectivity index (χ1) is 9.13. The first-order valence-corrected chi connectivity index (χ1v) is 7.09. The zero-order valence-electron chi connectivity index (χ0n) is 9.65. The van der Waals surface area contributed by atoms with Crippen LogP contribution in [0.4, 0.5) is 17.4 Å². The van der Waals surface area contributed by atoms with Gasteiger partial charge in [0.05, 0.1) is 11.4 Å². The van der Waals surface area contributed by atoms with Gasteiger partial charge in [-0.15, -0.1) is 0 Å². The standard InChI is InChI=1S/C13H9Br2N3O/c14-7-4-5-8(15)10(6-7)17-13-18-12-9(16)2-1-3-11(12)19-13/h1-6H,16H2,(H,17,18). The Balaban J connectivity index is 2.01. The number of nitrogen functional groups attached to an aromatic ring is 1. The van der Waals surface area contributed by atoms with Gasteiger partial charge in [-0.25, -0.2) is 0 Å². The fraction of sp³-hybridized carbons (Fsp3) is 0. The van der Waals surface area contributed by atoms with Gasteiger partial charge in [-0.3, -0.25) is 0 Å². The molecule has 96 valence electrons. The summed E-state index contributed by atoms with van der Waals surface area (Å²) in [5, 5.41) is 3.12. The third kappa shape index (κ3) is 2.46. The number of hydrogen-bond acceptors (Lipinski definition) is 4. The smallest absolute Gasteiger partial charge is 0.300 e. The summed E-state index contributed by atoms with van der Waals surface area (Å²) in [4.78, 5) is 4.34. The minimum absolute atomic E-state index is 0.409. The Hall–Kier alpha value is -1.53. The number of fused-ring (bicyclic) bond motifs is 1. The predicted octanol–water partition coefficient (Wildman–Crippen LogP) is 4.68. The SMILES string of the molecule is Nc1cccc2oc(Nc3cc(Br)ccc3Br)nc12. The minimum atomic E-state index is 0.409. The first kappa shape index (κ1) is 12.5. The Bertz CT molecular complexity index is 755. The molecule has 6 heteroatoms. The Morgan fingerprint density at radius 2 is 2.00 bits per heavy atom. The molecule has 3 rings (SSSR count). The molecule has 0 saturated heterocycles. The van der Waals surface area contributed by atoms with Crippen LogP contribution in [0.2, 0.25) is 0 Å². The zero-order chi connectivity index (χ0) is 13.4. The van der Waals surface area contributed by atoms with Crippen molar-refractivity contribution in [2.24, 2.45) is 0 Å². The number of anilines is 3. The van der Waals surface area contributed by atoms with Gasteiger partial charge in [-0.05, 0) is 46.3 Å². The lowest BCUT2D eigenvalue weighted by Crippen LogP contribution is -1.91. The molecule has 0 saturated carbocycles. The maximum atomic E-state index is 5.85. The van der Waals surface area contributed by atoms with Crippen molar-refractivity contribution in [2.75, 3.05) is 11.1 Å². The summed E-state index contributed by atoms with van der Waals surface area (Å²) in [6.07, 6.45) is 0. The van der Waals surface area contributed by atoms with Crippen LogP contribution in [0.5, 0.6) is 0 Å². The van der Waals surface area contributed by atoms with E-state index in [0.29, 0.717) is 22.8 Å². The van der Waals surface area contributed by atoms with Gasteiger partial charge >= 0.3 is 0 Å².